The summed E-state index contributed by atoms with van der Waals surface area (Å²) in [5.74, 6) is 4.84. The van der Waals surface area contributed by atoms with Crippen LogP contribution < -0.4 is 11.2 Å². The first-order valence-corrected chi connectivity index (χ1v) is 3.67. The lowest BCUT2D eigenvalue weighted by Crippen LogP contribution is -2.55. The summed E-state index contributed by atoms with van der Waals surface area (Å²) in [5.41, 5.74) is 0. The predicted molar refractivity (Wildman–Crippen MR) is 40.1 cm³/mol. The van der Waals surface area contributed by atoms with Crippen molar-refractivity contribution < 1.29 is 14.7 Å². The third-order valence-corrected chi connectivity index (χ3v) is 1.81. The van der Waals surface area contributed by atoms with Gasteiger partial charge in [0.2, 0.25) is 5.91 Å². The molecule has 0 radical (unpaired) electrons. The molecule has 0 bridgehead atoms. The maximum atomic E-state index is 11.0. The molecular formula is C6H11N3O3. The number of carbonyl (C=O) groups is 2. The molecule has 0 spiro atoms. The fourth-order valence-corrected chi connectivity index (χ4v) is 1.15. The van der Waals surface area contributed by atoms with Gasteiger partial charge in [0, 0.05) is 6.54 Å². The third-order valence-electron chi connectivity index (χ3n) is 1.81. The summed E-state index contributed by atoms with van der Waals surface area (Å²) >= 11 is 0. The molecule has 1 aliphatic heterocycles. The van der Waals surface area contributed by atoms with Crippen molar-refractivity contribution in [2.75, 3.05) is 6.54 Å². The molecule has 0 aromatic rings. The number of hydrazine groups is 1. The fraction of sp³-hybridized carbons (Fsp3) is 0.667. The van der Waals surface area contributed by atoms with Crippen molar-refractivity contribution in [3.05, 3.63) is 0 Å². The van der Waals surface area contributed by atoms with E-state index in [1.165, 1.54) is 0 Å². The molecule has 68 valence electrons. The van der Waals surface area contributed by atoms with E-state index in [0.717, 1.165) is 6.42 Å². The molecule has 0 aromatic heterocycles. The summed E-state index contributed by atoms with van der Waals surface area (Å²) in [5, 5.41) is 11.6. The van der Waals surface area contributed by atoms with Crippen LogP contribution in [-0.4, -0.2) is 34.7 Å². The molecule has 12 heavy (non-hydrogen) atoms. The number of nitrogens with one attached hydrogen (secondary N) is 1. The number of hydrogen-bond donors (Lipinski definition) is 3. The number of amides is 2. The van der Waals surface area contributed by atoms with E-state index in [2.05, 4.69) is 5.32 Å². The highest BCUT2D eigenvalue weighted by atomic mass is 16.4. The first kappa shape index (κ1) is 8.79. The van der Waals surface area contributed by atoms with Gasteiger partial charge in [-0.25, -0.2) is 15.6 Å². The van der Waals surface area contributed by atoms with E-state index in [0.29, 0.717) is 18.0 Å². The van der Waals surface area contributed by atoms with Crippen molar-refractivity contribution in [1.82, 2.24) is 10.3 Å². The average molecular weight is 173 g/mol. The van der Waals surface area contributed by atoms with Crippen LogP contribution in [0.25, 0.3) is 0 Å². The molecule has 2 amide bonds. The van der Waals surface area contributed by atoms with E-state index in [-0.39, 0.29) is 5.91 Å². The van der Waals surface area contributed by atoms with E-state index < -0.39 is 12.1 Å². The van der Waals surface area contributed by atoms with E-state index in [1.54, 1.807) is 0 Å². The zero-order valence-electron chi connectivity index (χ0n) is 6.49. The molecule has 0 saturated carbocycles. The Kier molecular flexibility index (Phi) is 2.49. The van der Waals surface area contributed by atoms with E-state index in [4.69, 9.17) is 10.9 Å². The van der Waals surface area contributed by atoms with Gasteiger partial charge in [0.1, 0.15) is 6.04 Å². The van der Waals surface area contributed by atoms with Gasteiger partial charge in [-0.2, -0.15) is 0 Å². The van der Waals surface area contributed by atoms with Gasteiger partial charge in [0.05, 0.1) is 0 Å². The molecule has 1 heterocycles. The summed E-state index contributed by atoms with van der Waals surface area (Å²) in [6.45, 7) is 0.600. The van der Waals surface area contributed by atoms with Gasteiger partial charge in [-0.3, -0.25) is 4.79 Å². The smallest absolute Gasteiger partial charge is 0.422 e. The van der Waals surface area contributed by atoms with Gasteiger partial charge in [-0.15, -0.1) is 0 Å². The van der Waals surface area contributed by atoms with Crippen LogP contribution in [0.15, 0.2) is 0 Å². The van der Waals surface area contributed by atoms with Gasteiger partial charge in [-0.05, 0) is 12.8 Å². The van der Waals surface area contributed by atoms with Crippen LogP contribution in [0.4, 0.5) is 4.79 Å². The quantitative estimate of drug-likeness (QED) is 0.272. The number of carbonyl (C=O) groups excluding carboxylic acids is 1. The molecular weight excluding hydrogens is 162 g/mol. The minimum absolute atomic E-state index is 0.314. The average Bonchev–Trinajstić information content (AvgIpc) is 2.04. The summed E-state index contributed by atoms with van der Waals surface area (Å²) in [6.07, 6.45) is -0.0245. The normalized spacial score (nSPS) is 23.1. The highest BCUT2D eigenvalue weighted by Gasteiger charge is 2.29. The first-order valence-electron chi connectivity index (χ1n) is 3.67. The van der Waals surface area contributed by atoms with E-state index in [9.17, 15) is 9.59 Å². The summed E-state index contributed by atoms with van der Waals surface area (Å²) in [7, 11) is 0. The molecule has 6 heteroatoms. The standard InChI is InChI=1S/C6H11N3O3/c7-9(6(11)12)4-2-1-3-8-5(4)10/h4H,1-3,7H2,(H,8,10)(H,11,12)/t4-/m1/s1. The van der Waals surface area contributed by atoms with Crippen molar-refractivity contribution in [3.8, 4) is 0 Å². The predicted octanol–water partition coefficient (Wildman–Crippen LogP) is -0.881. The van der Waals surface area contributed by atoms with Crippen LogP contribution >= 0.6 is 0 Å². The lowest BCUT2D eigenvalue weighted by molar-refractivity contribution is -0.127. The Morgan fingerprint density at radius 1 is 1.75 bits per heavy atom. The summed E-state index contributed by atoms with van der Waals surface area (Å²) in [4.78, 5) is 21.4. The third kappa shape index (κ3) is 1.65. The summed E-state index contributed by atoms with van der Waals surface area (Å²) < 4.78 is 0. The van der Waals surface area contributed by atoms with Crippen molar-refractivity contribution in [2.45, 2.75) is 18.9 Å². The Balaban J connectivity index is 2.59. The molecule has 1 atom stereocenters. The highest BCUT2D eigenvalue weighted by Crippen LogP contribution is 2.07. The number of nitrogens with zero attached hydrogens (tertiary/aromatic N) is 1. The maximum Gasteiger partial charge on any atom is 0.422 e. The molecule has 1 rings (SSSR count). The second-order valence-corrected chi connectivity index (χ2v) is 2.64. The molecule has 1 aliphatic rings. The van der Waals surface area contributed by atoms with E-state index >= 15 is 0 Å². The lowest BCUT2D eigenvalue weighted by atomic mass is 10.1. The molecule has 0 aliphatic carbocycles. The maximum absolute atomic E-state index is 11.0. The van der Waals surface area contributed by atoms with Crippen LogP contribution in [0, 0.1) is 0 Å². The molecule has 4 N–H and O–H groups in total. The van der Waals surface area contributed by atoms with Gasteiger partial charge in [0.25, 0.3) is 0 Å². The van der Waals surface area contributed by atoms with Gasteiger partial charge >= 0.3 is 6.09 Å². The second kappa shape index (κ2) is 3.40. The topological polar surface area (TPSA) is 95.7 Å². The van der Waals surface area contributed by atoms with Crippen LogP contribution in [0.1, 0.15) is 12.8 Å². The second-order valence-electron chi connectivity index (χ2n) is 2.64. The summed E-state index contributed by atoms with van der Waals surface area (Å²) in [6, 6.07) is -0.726. The number of piperidine rings is 1. The molecule has 1 saturated heterocycles. The van der Waals surface area contributed by atoms with Crippen molar-refractivity contribution in [2.24, 2.45) is 5.84 Å². The van der Waals surface area contributed by atoms with Crippen LogP contribution in [0.5, 0.6) is 0 Å². The van der Waals surface area contributed by atoms with Gasteiger partial charge < -0.3 is 10.4 Å². The van der Waals surface area contributed by atoms with Crippen molar-refractivity contribution in [1.29, 1.82) is 0 Å². The van der Waals surface area contributed by atoms with Gasteiger partial charge in [0.15, 0.2) is 0 Å². The zero-order valence-corrected chi connectivity index (χ0v) is 6.49. The van der Waals surface area contributed by atoms with Crippen LogP contribution in [0.3, 0.4) is 0 Å². The van der Waals surface area contributed by atoms with Crippen molar-refractivity contribution >= 4 is 12.0 Å². The van der Waals surface area contributed by atoms with E-state index in [1.807, 2.05) is 0 Å². The highest BCUT2D eigenvalue weighted by molar-refractivity contribution is 5.85. The Hall–Kier alpha value is -1.30. The molecule has 6 nitrogen and oxygen atoms in total. The Labute approximate surface area is 69.3 Å². The SMILES string of the molecule is NN(C(=O)O)[C@@H]1CCCNC1=O. The van der Waals surface area contributed by atoms with Crippen LogP contribution in [-0.2, 0) is 4.79 Å². The molecule has 0 aromatic carbocycles. The zero-order chi connectivity index (χ0) is 9.14. The monoisotopic (exact) mass is 173 g/mol. The number of hydrogen-bond acceptors (Lipinski definition) is 3. The number of rotatable bonds is 1. The Bertz CT molecular complexity index is 206. The Morgan fingerprint density at radius 3 is 2.92 bits per heavy atom. The minimum Gasteiger partial charge on any atom is -0.464 e. The minimum atomic E-state index is -1.28. The lowest BCUT2D eigenvalue weighted by Gasteiger charge is -2.27. The van der Waals surface area contributed by atoms with Crippen molar-refractivity contribution in [3.63, 3.8) is 0 Å². The van der Waals surface area contributed by atoms with Crippen LogP contribution in [0.2, 0.25) is 0 Å². The van der Waals surface area contributed by atoms with Gasteiger partial charge in [-0.1, -0.05) is 0 Å². The first-order chi connectivity index (χ1) is 5.63. The molecule has 1 fully saturated rings. The molecule has 0 unspecified atom stereocenters. The largest absolute Gasteiger partial charge is 0.464 e. The Morgan fingerprint density at radius 2 is 2.42 bits per heavy atom. The number of nitrogens with two attached hydrogens (primary N) is 1. The fourth-order valence-electron chi connectivity index (χ4n) is 1.15. The number of carboxylic acid groups (broad SMARTS) is 1.